The Hall–Kier alpha value is -3.81. The maximum absolute atomic E-state index is 12.7. The minimum absolute atomic E-state index is 0.155. The van der Waals surface area contributed by atoms with Gasteiger partial charge < -0.3 is 10.1 Å². The number of carbonyl (C=O) groups excluding carboxylic acids is 1. The Labute approximate surface area is 211 Å². The van der Waals surface area contributed by atoms with Crippen molar-refractivity contribution in [2.24, 2.45) is 0 Å². The molecule has 7 heteroatoms. The van der Waals surface area contributed by atoms with Gasteiger partial charge in [-0.25, -0.2) is 8.42 Å². The number of hydrogen-bond acceptors (Lipinski definition) is 5. The summed E-state index contributed by atoms with van der Waals surface area (Å²) in [6.45, 7) is 2.48. The second kappa shape index (κ2) is 10.8. The summed E-state index contributed by atoms with van der Waals surface area (Å²) >= 11 is 0. The second-order valence-electron chi connectivity index (χ2n) is 8.69. The zero-order valence-corrected chi connectivity index (χ0v) is 21.3. The second-order valence-corrected chi connectivity index (χ2v) is 10.7. The van der Waals surface area contributed by atoms with E-state index in [1.165, 1.54) is 6.07 Å². The van der Waals surface area contributed by atoms with Gasteiger partial charge in [-0.3, -0.25) is 9.78 Å². The number of carbonyl (C=O) groups is 1. The molecule has 0 aliphatic heterocycles. The van der Waals surface area contributed by atoms with E-state index >= 15 is 0 Å². The molecular formula is C29H28N2O4S. The summed E-state index contributed by atoms with van der Waals surface area (Å²) in [6.07, 6.45) is 2.86. The summed E-state index contributed by atoms with van der Waals surface area (Å²) in [4.78, 5) is 17.2. The van der Waals surface area contributed by atoms with Crippen molar-refractivity contribution in [3.05, 3.63) is 107 Å². The van der Waals surface area contributed by atoms with Gasteiger partial charge in [-0.2, -0.15) is 0 Å². The normalized spacial score (nSPS) is 11.3. The number of sulfone groups is 1. The molecule has 0 bridgehead atoms. The number of ether oxygens (including phenoxy) is 1. The third-order valence-corrected chi connectivity index (χ3v) is 7.10. The minimum Gasteiger partial charge on any atom is -0.380 e. The number of methoxy groups -OCH3 is 1. The average Bonchev–Trinajstić information content (AvgIpc) is 2.87. The first-order chi connectivity index (χ1) is 17.2. The molecule has 184 valence electrons. The molecular weight excluding hydrogens is 472 g/mol. The molecule has 4 aromatic rings. The number of hydrogen-bond donors (Lipinski definition) is 1. The first-order valence-corrected chi connectivity index (χ1v) is 13.4. The summed E-state index contributed by atoms with van der Waals surface area (Å²) in [7, 11) is -1.74. The van der Waals surface area contributed by atoms with Crippen molar-refractivity contribution in [2.45, 2.75) is 25.0 Å². The monoisotopic (exact) mass is 500 g/mol. The van der Waals surface area contributed by atoms with Crippen molar-refractivity contribution in [1.29, 1.82) is 0 Å². The Morgan fingerprint density at radius 2 is 1.56 bits per heavy atom. The number of pyridine rings is 1. The first-order valence-electron chi connectivity index (χ1n) is 11.5. The minimum atomic E-state index is -3.42. The average molecular weight is 501 g/mol. The Kier molecular flexibility index (Phi) is 7.62. The largest absolute Gasteiger partial charge is 0.380 e. The molecule has 4 rings (SSSR count). The summed E-state index contributed by atoms with van der Waals surface area (Å²) in [5.41, 5.74) is 6.94. The molecule has 0 spiro atoms. The molecule has 0 aliphatic rings. The van der Waals surface area contributed by atoms with Crippen LogP contribution in [0.5, 0.6) is 0 Å². The van der Waals surface area contributed by atoms with Gasteiger partial charge >= 0.3 is 0 Å². The number of aromatic nitrogens is 1. The highest BCUT2D eigenvalue weighted by Gasteiger charge is 2.15. The number of rotatable bonds is 8. The SMILES string of the molecule is COCc1cccc(-c2cccc(-c3ccnc(CNC(=O)c4ccc(C)c(S(C)(=O)=O)c4)c3)c2)c1. The van der Waals surface area contributed by atoms with Crippen LogP contribution in [0.4, 0.5) is 0 Å². The van der Waals surface area contributed by atoms with Crippen LogP contribution in [0.15, 0.2) is 90.0 Å². The van der Waals surface area contributed by atoms with Crippen molar-refractivity contribution in [2.75, 3.05) is 13.4 Å². The third kappa shape index (κ3) is 6.05. The Balaban J connectivity index is 1.51. The molecule has 3 aromatic carbocycles. The van der Waals surface area contributed by atoms with E-state index in [9.17, 15) is 13.2 Å². The molecule has 1 amide bonds. The highest BCUT2D eigenvalue weighted by molar-refractivity contribution is 7.90. The van der Waals surface area contributed by atoms with Gasteiger partial charge in [0.05, 0.1) is 23.7 Å². The number of benzene rings is 3. The fourth-order valence-electron chi connectivity index (χ4n) is 4.05. The van der Waals surface area contributed by atoms with Crippen LogP contribution in [-0.4, -0.2) is 32.7 Å². The van der Waals surface area contributed by atoms with E-state index in [1.807, 2.05) is 36.4 Å². The van der Waals surface area contributed by atoms with E-state index < -0.39 is 9.84 Å². The highest BCUT2D eigenvalue weighted by atomic mass is 32.2. The molecule has 36 heavy (non-hydrogen) atoms. The van der Waals surface area contributed by atoms with Gasteiger partial charge in [0, 0.05) is 25.1 Å². The van der Waals surface area contributed by atoms with Crippen LogP contribution >= 0.6 is 0 Å². The molecule has 1 N–H and O–H groups in total. The fraction of sp³-hybridized carbons (Fsp3) is 0.172. The lowest BCUT2D eigenvalue weighted by Gasteiger charge is -2.10. The maximum atomic E-state index is 12.7. The topological polar surface area (TPSA) is 85.4 Å². The van der Waals surface area contributed by atoms with Crippen LogP contribution in [0.2, 0.25) is 0 Å². The molecule has 0 atom stereocenters. The predicted molar refractivity (Wildman–Crippen MR) is 141 cm³/mol. The molecule has 6 nitrogen and oxygen atoms in total. The highest BCUT2D eigenvalue weighted by Crippen LogP contribution is 2.27. The Morgan fingerprint density at radius 3 is 2.25 bits per heavy atom. The van der Waals surface area contributed by atoms with Gasteiger partial charge in [0.15, 0.2) is 9.84 Å². The molecule has 1 heterocycles. The van der Waals surface area contributed by atoms with Crippen LogP contribution in [0.3, 0.4) is 0 Å². The van der Waals surface area contributed by atoms with Gasteiger partial charge in [0.25, 0.3) is 5.91 Å². The molecule has 0 fully saturated rings. The summed E-state index contributed by atoms with van der Waals surface area (Å²) in [5.74, 6) is -0.356. The zero-order chi connectivity index (χ0) is 25.7. The number of amides is 1. The van der Waals surface area contributed by atoms with Crippen molar-refractivity contribution in [3.8, 4) is 22.3 Å². The number of aryl methyl sites for hydroxylation is 1. The number of nitrogens with zero attached hydrogens (tertiary/aromatic N) is 1. The smallest absolute Gasteiger partial charge is 0.251 e. The Bertz CT molecular complexity index is 1510. The van der Waals surface area contributed by atoms with Crippen molar-refractivity contribution in [3.63, 3.8) is 0 Å². The predicted octanol–water partition coefficient (Wildman–Crippen LogP) is 5.20. The quantitative estimate of drug-likeness (QED) is 0.359. The van der Waals surface area contributed by atoms with Gasteiger partial charge in [0.1, 0.15) is 0 Å². The zero-order valence-electron chi connectivity index (χ0n) is 20.5. The van der Waals surface area contributed by atoms with E-state index in [0.29, 0.717) is 23.4 Å². The third-order valence-electron chi connectivity index (χ3n) is 5.86. The van der Waals surface area contributed by atoms with Crippen LogP contribution in [0.1, 0.15) is 27.2 Å². The maximum Gasteiger partial charge on any atom is 0.251 e. The van der Waals surface area contributed by atoms with E-state index in [0.717, 1.165) is 34.1 Å². The molecule has 1 aromatic heterocycles. The fourth-order valence-corrected chi connectivity index (χ4v) is 5.05. The van der Waals surface area contributed by atoms with Crippen molar-refractivity contribution in [1.82, 2.24) is 10.3 Å². The summed E-state index contributed by atoms with van der Waals surface area (Å²) < 4.78 is 29.2. The van der Waals surface area contributed by atoms with Crippen LogP contribution < -0.4 is 5.32 Å². The Morgan fingerprint density at radius 1 is 0.889 bits per heavy atom. The summed E-state index contributed by atoms with van der Waals surface area (Å²) in [6, 6.07) is 25.1. The lowest BCUT2D eigenvalue weighted by atomic mass is 9.98. The van der Waals surface area contributed by atoms with Crippen LogP contribution in [0.25, 0.3) is 22.3 Å². The number of nitrogens with one attached hydrogen (secondary N) is 1. The standard InChI is InChI=1S/C29H28N2O4S/c1-20-10-11-26(17-28(20)36(3,33)34)29(32)31-18-27-16-25(12-13-30-27)24-9-5-8-23(15-24)22-7-4-6-21(14-22)19-35-2/h4-17H,18-19H2,1-3H3,(H,31,32). The lowest BCUT2D eigenvalue weighted by Crippen LogP contribution is -2.23. The molecule has 0 unspecified atom stereocenters. The van der Waals surface area contributed by atoms with E-state index in [4.69, 9.17) is 4.74 Å². The van der Waals surface area contributed by atoms with Crippen molar-refractivity contribution >= 4 is 15.7 Å². The van der Waals surface area contributed by atoms with Gasteiger partial charge in [0.2, 0.25) is 0 Å². The van der Waals surface area contributed by atoms with Crippen LogP contribution in [0, 0.1) is 6.92 Å². The van der Waals surface area contributed by atoms with E-state index in [2.05, 4.69) is 34.6 Å². The van der Waals surface area contributed by atoms with Gasteiger partial charge in [-0.05, 0) is 76.7 Å². The lowest BCUT2D eigenvalue weighted by molar-refractivity contribution is 0.0950. The van der Waals surface area contributed by atoms with Gasteiger partial charge in [-0.1, -0.05) is 42.5 Å². The van der Waals surface area contributed by atoms with Crippen LogP contribution in [-0.2, 0) is 27.7 Å². The summed E-state index contributed by atoms with van der Waals surface area (Å²) in [5, 5.41) is 2.84. The molecule has 0 saturated heterocycles. The first kappa shape index (κ1) is 25.3. The molecule has 0 radical (unpaired) electrons. The molecule has 0 saturated carbocycles. The van der Waals surface area contributed by atoms with E-state index in [1.54, 1.807) is 32.4 Å². The molecule has 0 aliphatic carbocycles. The van der Waals surface area contributed by atoms with Crippen molar-refractivity contribution < 1.29 is 17.9 Å². The van der Waals surface area contributed by atoms with E-state index in [-0.39, 0.29) is 17.3 Å². The van der Waals surface area contributed by atoms with Gasteiger partial charge in [-0.15, -0.1) is 0 Å².